The Morgan fingerprint density at radius 2 is 1.28 bits per heavy atom. The van der Waals surface area contributed by atoms with Crippen LogP contribution in [0.5, 0.6) is 0 Å². The number of hydrogen-bond donors (Lipinski definition) is 1. The number of nitrogens with two attached hydrogens (primary N) is 1. The lowest BCUT2D eigenvalue weighted by atomic mass is 10.2. The fourth-order valence-corrected chi connectivity index (χ4v) is 2.54. The first-order valence-electron chi connectivity index (χ1n) is 8.28. The highest BCUT2D eigenvalue weighted by atomic mass is 15.0. The Morgan fingerprint density at radius 1 is 0.720 bits per heavy atom. The number of hydrogen-bond acceptors (Lipinski definition) is 3. The molecule has 0 saturated carbocycles. The number of pyridine rings is 3. The molecule has 4 heteroatoms. The molecule has 0 radical (unpaired) electrons. The Morgan fingerprint density at radius 3 is 1.72 bits per heavy atom. The summed E-state index contributed by atoms with van der Waals surface area (Å²) < 4.78 is 2.19. The molecule has 0 atom stereocenters. The largest absolute Gasteiger partial charge is 0.325 e. The molecule has 0 unspecified atom stereocenters. The van der Waals surface area contributed by atoms with Gasteiger partial charge in [-0.2, -0.15) is 4.57 Å². The van der Waals surface area contributed by atoms with Crippen molar-refractivity contribution in [3.05, 3.63) is 89.8 Å². The molecule has 0 fully saturated rings. The molecule has 3 rings (SSSR count). The van der Waals surface area contributed by atoms with Gasteiger partial charge in [0.2, 0.25) is 11.4 Å². The van der Waals surface area contributed by atoms with Crippen LogP contribution in [0.15, 0.2) is 67.0 Å². The second kappa shape index (κ2) is 8.66. The maximum atomic E-state index is 5.82. The van der Waals surface area contributed by atoms with E-state index in [0.717, 1.165) is 29.3 Å². The zero-order valence-electron chi connectivity index (χ0n) is 14.0. The van der Waals surface area contributed by atoms with E-state index in [1.54, 1.807) is 12.4 Å². The van der Waals surface area contributed by atoms with E-state index >= 15 is 0 Å². The standard InChI is InChI=1S/C21H21N4/c22-14-17-25-20(12-10-18-6-1-3-15-23-18)8-5-9-21(25)13-11-19-7-2-4-16-24-19/h1-13,15-16H,14,17,22H2/q+1/b12-10+,13-11+. The van der Waals surface area contributed by atoms with Crippen LogP contribution in [0, 0.1) is 0 Å². The third-order valence-corrected chi connectivity index (χ3v) is 3.74. The minimum absolute atomic E-state index is 0.573. The molecule has 4 nitrogen and oxygen atoms in total. The Kier molecular flexibility index (Phi) is 5.80. The molecule has 0 aliphatic rings. The van der Waals surface area contributed by atoms with Crippen LogP contribution < -0.4 is 10.3 Å². The molecule has 3 heterocycles. The minimum Gasteiger partial charge on any atom is -0.325 e. The van der Waals surface area contributed by atoms with Crippen LogP contribution in [-0.4, -0.2) is 16.5 Å². The molecule has 0 aromatic carbocycles. The average molecular weight is 329 g/mol. The Labute approximate surface area is 148 Å². The molecule has 0 saturated heterocycles. The van der Waals surface area contributed by atoms with Crippen LogP contribution in [0.4, 0.5) is 0 Å². The predicted octanol–water partition coefficient (Wildman–Crippen LogP) is 3.06. The fourth-order valence-electron chi connectivity index (χ4n) is 2.54. The first-order chi connectivity index (χ1) is 12.4. The lowest BCUT2D eigenvalue weighted by Gasteiger charge is -2.03. The summed E-state index contributed by atoms with van der Waals surface area (Å²) in [7, 11) is 0. The number of nitrogens with zero attached hydrogens (tertiary/aromatic N) is 3. The van der Waals surface area contributed by atoms with E-state index in [1.807, 2.05) is 54.6 Å². The molecule has 3 aromatic rings. The van der Waals surface area contributed by atoms with Crippen molar-refractivity contribution in [3.63, 3.8) is 0 Å². The molecule has 3 aromatic heterocycles. The molecule has 0 amide bonds. The van der Waals surface area contributed by atoms with Crippen molar-refractivity contribution in [1.82, 2.24) is 9.97 Å². The first kappa shape index (κ1) is 16.7. The third kappa shape index (κ3) is 4.68. The van der Waals surface area contributed by atoms with Gasteiger partial charge in [0, 0.05) is 36.7 Å². The number of rotatable bonds is 6. The molecule has 2 N–H and O–H groups in total. The molecule has 0 bridgehead atoms. The highest BCUT2D eigenvalue weighted by molar-refractivity contribution is 5.67. The van der Waals surface area contributed by atoms with Crippen molar-refractivity contribution in [2.45, 2.75) is 6.54 Å². The SMILES string of the molecule is NCC[n+]1c(/C=C/c2ccccn2)cccc1/C=C/c1ccccn1. The van der Waals surface area contributed by atoms with Gasteiger partial charge in [0.15, 0.2) is 6.54 Å². The second-order valence-corrected chi connectivity index (χ2v) is 5.49. The van der Waals surface area contributed by atoms with Gasteiger partial charge in [0.05, 0.1) is 17.9 Å². The van der Waals surface area contributed by atoms with Crippen LogP contribution in [0.2, 0.25) is 0 Å². The monoisotopic (exact) mass is 329 g/mol. The normalized spacial score (nSPS) is 11.4. The first-order valence-corrected chi connectivity index (χ1v) is 8.28. The second-order valence-electron chi connectivity index (χ2n) is 5.49. The van der Waals surface area contributed by atoms with Crippen molar-refractivity contribution in [1.29, 1.82) is 0 Å². The highest BCUT2D eigenvalue weighted by Gasteiger charge is 2.11. The van der Waals surface area contributed by atoms with Crippen molar-refractivity contribution in [2.75, 3.05) is 6.54 Å². The Balaban J connectivity index is 1.91. The van der Waals surface area contributed by atoms with Gasteiger partial charge in [-0.15, -0.1) is 0 Å². The van der Waals surface area contributed by atoms with Crippen molar-refractivity contribution < 1.29 is 4.57 Å². The highest BCUT2D eigenvalue weighted by Crippen LogP contribution is 2.07. The maximum Gasteiger partial charge on any atom is 0.205 e. The fraction of sp³-hybridized carbons (Fsp3) is 0.0952. The van der Waals surface area contributed by atoms with Gasteiger partial charge in [-0.3, -0.25) is 9.97 Å². The van der Waals surface area contributed by atoms with Gasteiger partial charge >= 0.3 is 0 Å². The zero-order valence-corrected chi connectivity index (χ0v) is 14.0. The summed E-state index contributed by atoms with van der Waals surface area (Å²) in [6.45, 7) is 1.31. The van der Waals surface area contributed by atoms with Gasteiger partial charge < -0.3 is 5.73 Å². The molecule has 124 valence electrons. The summed E-state index contributed by atoms with van der Waals surface area (Å²) in [6.07, 6.45) is 11.7. The van der Waals surface area contributed by atoms with E-state index in [9.17, 15) is 0 Å². The summed E-state index contributed by atoms with van der Waals surface area (Å²) in [6, 6.07) is 17.9. The van der Waals surface area contributed by atoms with Crippen LogP contribution in [-0.2, 0) is 6.54 Å². The van der Waals surface area contributed by atoms with Crippen LogP contribution >= 0.6 is 0 Å². The molecule has 25 heavy (non-hydrogen) atoms. The van der Waals surface area contributed by atoms with Crippen LogP contribution in [0.3, 0.4) is 0 Å². The zero-order chi connectivity index (χ0) is 17.3. The van der Waals surface area contributed by atoms with E-state index in [-0.39, 0.29) is 0 Å². The summed E-state index contributed by atoms with van der Waals surface area (Å²) in [5.41, 5.74) is 9.84. The maximum absolute atomic E-state index is 5.82. The van der Waals surface area contributed by atoms with E-state index < -0.39 is 0 Å². The van der Waals surface area contributed by atoms with Crippen molar-refractivity contribution >= 4 is 24.3 Å². The van der Waals surface area contributed by atoms with E-state index in [4.69, 9.17) is 5.73 Å². The van der Waals surface area contributed by atoms with Crippen molar-refractivity contribution in [3.8, 4) is 0 Å². The van der Waals surface area contributed by atoms with Crippen LogP contribution in [0.1, 0.15) is 22.8 Å². The van der Waals surface area contributed by atoms with E-state index in [0.29, 0.717) is 6.54 Å². The quantitative estimate of drug-likeness (QED) is 0.707. The van der Waals surface area contributed by atoms with Crippen LogP contribution in [0.25, 0.3) is 24.3 Å². The third-order valence-electron chi connectivity index (χ3n) is 3.74. The molecule has 0 aliphatic carbocycles. The van der Waals surface area contributed by atoms with Gasteiger partial charge in [0.1, 0.15) is 0 Å². The van der Waals surface area contributed by atoms with Gasteiger partial charge in [-0.1, -0.05) is 12.1 Å². The van der Waals surface area contributed by atoms with E-state index in [2.05, 4.69) is 38.8 Å². The average Bonchev–Trinajstić information content (AvgIpc) is 2.68. The lowest BCUT2D eigenvalue weighted by Crippen LogP contribution is -2.43. The topological polar surface area (TPSA) is 55.7 Å². The summed E-state index contributed by atoms with van der Waals surface area (Å²) >= 11 is 0. The smallest absolute Gasteiger partial charge is 0.205 e. The molecule has 0 aliphatic heterocycles. The number of aromatic nitrogens is 3. The van der Waals surface area contributed by atoms with Gasteiger partial charge in [-0.05, 0) is 42.5 Å². The molecular weight excluding hydrogens is 308 g/mol. The van der Waals surface area contributed by atoms with Gasteiger partial charge in [0.25, 0.3) is 0 Å². The summed E-state index contributed by atoms with van der Waals surface area (Å²) in [5.74, 6) is 0. The minimum atomic E-state index is 0.573. The Hall–Kier alpha value is -3.11. The van der Waals surface area contributed by atoms with E-state index in [1.165, 1.54) is 0 Å². The molecular formula is C21H21N4+. The Bertz CT molecular complexity index is 788. The van der Waals surface area contributed by atoms with Crippen molar-refractivity contribution in [2.24, 2.45) is 5.73 Å². The summed E-state index contributed by atoms with van der Waals surface area (Å²) in [5, 5.41) is 0. The van der Waals surface area contributed by atoms with Gasteiger partial charge in [-0.25, -0.2) is 0 Å². The lowest BCUT2D eigenvalue weighted by molar-refractivity contribution is -0.697. The molecule has 0 spiro atoms. The summed E-state index contributed by atoms with van der Waals surface area (Å²) in [4.78, 5) is 8.65. The predicted molar refractivity (Wildman–Crippen MR) is 102 cm³/mol.